The van der Waals surface area contributed by atoms with Crippen molar-refractivity contribution < 1.29 is 40.7 Å². The molecule has 4 rings (SSSR count). The van der Waals surface area contributed by atoms with Gasteiger partial charge in [-0.05, 0) is 55.0 Å². The summed E-state index contributed by atoms with van der Waals surface area (Å²) in [5.41, 5.74) is -2.32. The molecule has 0 saturated heterocycles. The van der Waals surface area contributed by atoms with Crippen molar-refractivity contribution in [3.8, 4) is 5.75 Å². The van der Waals surface area contributed by atoms with Gasteiger partial charge in [0.1, 0.15) is 11.3 Å². The average molecular weight is 583 g/mol. The molecule has 2 aliphatic rings. The van der Waals surface area contributed by atoms with E-state index in [-0.39, 0.29) is 41.5 Å². The second-order valence-electron chi connectivity index (χ2n) is 10.7. The number of benzene rings is 2. The molecule has 41 heavy (non-hydrogen) atoms. The lowest BCUT2D eigenvalue weighted by Crippen LogP contribution is -2.60. The summed E-state index contributed by atoms with van der Waals surface area (Å²) in [4.78, 5) is 26.8. The summed E-state index contributed by atoms with van der Waals surface area (Å²) >= 11 is 0. The van der Waals surface area contributed by atoms with E-state index in [0.29, 0.717) is 5.56 Å². The van der Waals surface area contributed by atoms with Gasteiger partial charge in [-0.2, -0.15) is 26.3 Å². The molecule has 0 bridgehead atoms. The molecular formula is C30H32F6N2O3. The molecule has 0 unspecified atom stereocenters. The summed E-state index contributed by atoms with van der Waals surface area (Å²) in [6, 6.07) is 11.1. The fourth-order valence-corrected chi connectivity index (χ4v) is 5.34. The maximum Gasteiger partial charge on any atom is 0.416 e. The van der Waals surface area contributed by atoms with Crippen LogP contribution < -0.4 is 15.4 Å². The minimum absolute atomic E-state index is 0.0214. The average Bonchev–Trinajstić information content (AvgIpc) is 2.91. The van der Waals surface area contributed by atoms with Crippen molar-refractivity contribution in [2.75, 3.05) is 6.61 Å². The largest absolute Gasteiger partial charge is 0.494 e. The van der Waals surface area contributed by atoms with Crippen LogP contribution in [0.25, 0.3) is 5.57 Å². The van der Waals surface area contributed by atoms with Gasteiger partial charge in [0.05, 0.1) is 6.61 Å². The van der Waals surface area contributed by atoms with Crippen molar-refractivity contribution in [3.63, 3.8) is 0 Å². The highest BCUT2D eigenvalue weighted by Gasteiger charge is 2.60. The predicted octanol–water partition coefficient (Wildman–Crippen LogP) is 6.90. The van der Waals surface area contributed by atoms with E-state index in [0.717, 1.165) is 49.8 Å². The van der Waals surface area contributed by atoms with Crippen molar-refractivity contribution in [2.45, 2.75) is 82.2 Å². The zero-order chi connectivity index (χ0) is 29.8. The first-order valence-corrected chi connectivity index (χ1v) is 13.6. The molecule has 2 aromatic rings. The van der Waals surface area contributed by atoms with E-state index < -0.39 is 42.5 Å². The first-order valence-electron chi connectivity index (χ1n) is 13.6. The Morgan fingerprint density at radius 1 is 0.976 bits per heavy atom. The van der Waals surface area contributed by atoms with Gasteiger partial charge >= 0.3 is 12.4 Å². The number of amides is 2. The molecule has 5 nitrogen and oxygen atoms in total. The number of aryl methyl sites for hydroxylation is 1. The fraction of sp³-hybridized carbons (Fsp3) is 0.467. The maximum atomic E-state index is 14.9. The predicted molar refractivity (Wildman–Crippen MR) is 141 cm³/mol. The Bertz CT molecular complexity index is 1260. The van der Waals surface area contributed by atoms with Crippen LogP contribution in [-0.2, 0) is 15.1 Å². The molecule has 0 spiro atoms. The molecule has 0 aromatic heterocycles. The zero-order valence-corrected chi connectivity index (χ0v) is 22.6. The quantitative estimate of drug-likeness (QED) is 0.202. The van der Waals surface area contributed by atoms with Gasteiger partial charge < -0.3 is 15.4 Å². The van der Waals surface area contributed by atoms with Gasteiger partial charge in [0.25, 0.3) is 11.8 Å². The second-order valence-corrected chi connectivity index (χ2v) is 10.7. The van der Waals surface area contributed by atoms with E-state index in [1.54, 1.807) is 24.3 Å². The number of hydrogen-bond acceptors (Lipinski definition) is 3. The summed E-state index contributed by atoms with van der Waals surface area (Å²) < 4.78 is 87.1. The SMILES string of the molecule is Cc1ccc(C2=C(C(=O)NC3CCCCC3)C(=O)N[C@@](c3ccc(OCCCC(F)(F)F)cc3)(C(F)(F)F)C2)cc1. The summed E-state index contributed by atoms with van der Waals surface area (Å²) in [5, 5.41) is 4.96. The van der Waals surface area contributed by atoms with Crippen LogP contribution in [0.15, 0.2) is 54.1 Å². The lowest BCUT2D eigenvalue weighted by molar-refractivity contribution is -0.202. The number of alkyl halides is 6. The van der Waals surface area contributed by atoms with E-state index in [4.69, 9.17) is 4.74 Å². The van der Waals surface area contributed by atoms with Gasteiger partial charge in [-0.3, -0.25) is 9.59 Å². The van der Waals surface area contributed by atoms with E-state index in [1.807, 2.05) is 6.92 Å². The third-order valence-corrected chi connectivity index (χ3v) is 7.57. The van der Waals surface area contributed by atoms with Crippen LogP contribution in [0.1, 0.15) is 68.1 Å². The summed E-state index contributed by atoms with van der Waals surface area (Å²) in [6.45, 7) is 1.55. The Labute approximate surface area is 234 Å². The molecule has 2 aromatic carbocycles. The van der Waals surface area contributed by atoms with E-state index in [2.05, 4.69) is 10.6 Å². The monoisotopic (exact) mass is 582 g/mol. The highest BCUT2D eigenvalue weighted by Crippen LogP contribution is 2.48. The zero-order valence-electron chi connectivity index (χ0n) is 22.6. The third kappa shape index (κ3) is 7.23. The molecule has 1 atom stereocenters. The minimum atomic E-state index is -4.96. The normalized spacial score (nSPS) is 20.5. The molecule has 1 saturated carbocycles. The number of nitrogens with one attached hydrogen (secondary N) is 2. The standard InChI is InChI=1S/C30H32F6N2O3/c1-19-8-10-20(11-9-19)24-18-28(30(34,35)36,21-12-14-23(15-13-21)41-17-5-16-29(31,32)33)38-27(40)25(24)26(39)37-22-6-3-2-4-7-22/h8-15,22H,2-7,16-18H2,1H3,(H,37,39)(H,38,40)/t28-/m0/s1. The van der Waals surface area contributed by atoms with Gasteiger partial charge in [0.2, 0.25) is 0 Å². The first kappa shape index (κ1) is 30.5. The molecule has 2 amide bonds. The number of rotatable bonds is 8. The molecule has 1 aliphatic carbocycles. The molecule has 222 valence electrons. The molecule has 1 heterocycles. The smallest absolute Gasteiger partial charge is 0.416 e. The van der Waals surface area contributed by atoms with Gasteiger partial charge in [-0.25, -0.2) is 0 Å². The maximum absolute atomic E-state index is 14.9. The molecule has 1 aliphatic heterocycles. The lowest BCUT2D eigenvalue weighted by Gasteiger charge is -2.41. The van der Waals surface area contributed by atoms with Crippen LogP contribution in [0.4, 0.5) is 26.3 Å². The van der Waals surface area contributed by atoms with E-state index >= 15 is 0 Å². The van der Waals surface area contributed by atoms with Crippen LogP contribution in [0.3, 0.4) is 0 Å². The Morgan fingerprint density at radius 2 is 1.61 bits per heavy atom. The topological polar surface area (TPSA) is 67.4 Å². The molecule has 1 fully saturated rings. The highest BCUT2D eigenvalue weighted by atomic mass is 19.4. The molecule has 2 N–H and O–H groups in total. The van der Waals surface area contributed by atoms with Crippen LogP contribution in [0.5, 0.6) is 5.75 Å². The number of ether oxygens (including phenoxy) is 1. The van der Waals surface area contributed by atoms with Crippen molar-refractivity contribution >= 4 is 17.4 Å². The number of carbonyl (C=O) groups is 2. The molecular weight excluding hydrogens is 550 g/mol. The molecule has 11 heteroatoms. The van der Waals surface area contributed by atoms with Crippen molar-refractivity contribution in [1.82, 2.24) is 10.6 Å². The highest BCUT2D eigenvalue weighted by molar-refractivity contribution is 6.25. The van der Waals surface area contributed by atoms with Gasteiger partial charge in [-0.1, -0.05) is 61.2 Å². The van der Waals surface area contributed by atoms with Crippen LogP contribution in [-0.4, -0.2) is 36.8 Å². The Balaban J connectivity index is 1.68. The van der Waals surface area contributed by atoms with Gasteiger partial charge in [0.15, 0.2) is 5.54 Å². The summed E-state index contributed by atoms with van der Waals surface area (Å²) in [7, 11) is 0. The van der Waals surface area contributed by atoms with Crippen LogP contribution in [0, 0.1) is 6.92 Å². The summed E-state index contributed by atoms with van der Waals surface area (Å²) in [6.07, 6.45) is -7.03. The Kier molecular flexibility index (Phi) is 9.03. The van der Waals surface area contributed by atoms with Gasteiger partial charge in [0, 0.05) is 18.9 Å². The lowest BCUT2D eigenvalue weighted by atomic mass is 9.76. The van der Waals surface area contributed by atoms with Crippen molar-refractivity contribution in [1.29, 1.82) is 0 Å². The van der Waals surface area contributed by atoms with E-state index in [1.165, 1.54) is 12.1 Å². The number of hydrogen-bond donors (Lipinski definition) is 2. The van der Waals surface area contributed by atoms with Crippen molar-refractivity contribution in [2.24, 2.45) is 0 Å². The van der Waals surface area contributed by atoms with Gasteiger partial charge in [-0.15, -0.1) is 0 Å². The summed E-state index contributed by atoms with van der Waals surface area (Å²) in [5.74, 6) is -1.74. The minimum Gasteiger partial charge on any atom is -0.494 e. The van der Waals surface area contributed by atoms with Crippen LogP contribution in [0.2, 0.25) is 0 Å². The van der Waals surface area contributed by atoms with Crippen molar-refractivity contribution in [3.05, 3.63) is 70.8 Å². The Morgan fingerprint density at radius 3 is 2.20 bits per heavy atom. The van der Waals surface area contributed by atoms with Crippen LogP contribution >= 0.6 is 0 Å². The third-order valence-electron chi connectivity index (χ3n) is 7.57. The first-order chi connectivity index (χ1) is 19.3. The second kappa shape index (κ2) is 12.2. The van der Waals surface area contributed by atoms with E-state index in [9.17, 15) is 35.9 Å². The molecule has 0 radical (unpaired) electrons. The number of halogens is 6. The fourth-order valence-electron chi connectivity index (χ4n) is 5.34. The number of carbonyl (C=O) groups excluding carboxylic acids is 2. The Hall–Kier alpha value is -3.50.